The van der Waals surface area contributed by atoms with Crippen molar-refractivity contribution in [2.45, 2.75) is 67.3 Å². The first-order valence-electron chi connectivity index (χ1n) is 8.84. The van der Waals surface area contributed by atoms with E-state index in [1.165, 1.54) is 4.90 Å². The van der Waals surface area contributed by atoms with Gasteiger partial charge in [0.05, 0.1) is 0 Å². The van der Waals surface area contributed by atoms with Crippen LogP contribution < -0.4 is 5.32 Å². The minimum Gasteiger partial charge on any atom is -0.348 e. The fourth-order valence-electron chi connectivity index (χ4n) is 2.69. The maximum Gasteiger partial charge on any atom is 0.267 e. The summed E-state index contributed by atoms with van der Waals surface area (Å²) in [6.07, 6.45) is 4.29. The van der Waals surface area contributed by atoms with Crippen LogP contribution in [0, 0.1) is 23.7 Å². The highest BCUT2D eigenvalue weighted by atomic mass is 16.2. The first-order valence-corrected chi connectivity index (χ1v) is 8.84. The third-order valence-corrected chi connectivity index (χ3v) is 4.93. The zero-order valence-corrected chi connectivity index (χ0v) is 16.2. The zero-order chi connectivity index (χ0) is 18.2. The Balaban J connectivity index is 5.26. The van der Waals surface area contributed by atoms with Crippen LogP contribution >= 0.6 is 0 Å². The Morgan fingerprint density at radius 2 is 1.65 bits per heavy atom. The number of nitrogens with zero attached hydrogens (tertiary/aromatic N) is 1. The van der Waals surface area contributed by atoms with E-state index in [0.29, 0.717) is 35.8 Å². The van der Waals surface area contributed by atoms with Crippen molar-refractivity contribution in [2.24, 2.45) is 23.7 Å². The second kappa shape index (κ2) is 10.5. The summed E-state index contributed by atoms with van der Waals surface area (Å²) in [5, 5.41) is 2.94. The minimum absolute atomic E-state index is 0.0986. The van der Waals surface area contributed by atoms with Crippen molar-refractivity contribution < 1.29 is 9.59 Å². The van der Waals surface area contributed by atoms with E-state index in [1.807, 2.05) is 19.9 Å². The zero-order valence-electron chi connectivity index (χ0n) is 16.2. The lowest BCUT2D eigenvalue weighted by Gasteiger charge is -2.30. The number of likely N-dealkylation sites (N-methyl/N-ethyl adjacent to an activating group) is 1. The number of nitrogens with one attached hydrogen (secondary N) is 1. The second-order valence-electron chi connectivity index (χ2n) is 7.34. The van der Waals surface area contributed by atoms with Gasteiger partial charge in [0.2, 0.25) is 6.41 Å². The van der Waals surface area contributed by atoms with Gasteiger partial charge in [-0.2, -0.15) is 0 Å². The molecule has 0 saturated heterocycles. The molecule has 23 heavy (non-hydrogen) atoms. The summed E-state index contributed by atoms with van der Waals surface area (Å²) in [6.45, 7) is 15.2. The highest BCUT2D eigenvalue weighted by molar-refractivity contribution is 5.94. The summed E-state index contributed by atoms with van der Waals surface area (Å²) in [4.78, 5) is 24.9. The van der Waals surface area contributed by atoms with Crippen LogP contribution in [0.2, 0.25) is 0 Å². The van der Waals surface area contributed by atoms with E-state index in [2.05, 4.69) is 39.9 Å². The maximum atomic E-state index is 12.4. The third kappa shape index (κ3) is 7.19. The lowest BCUT2D eigenvalue weighted by atomic mass is 9.76. The standard InChI is InChI=1S/C19H36N2O2/c1-9-15(6)20-19(23)18(21(8)12-22)11-10-17(14(4)5)16(7)13(2)3/h11-17H,9-10H2,1-8H3,(H,20,23). The van der Waals surface area contributed by atoms with E-state index in [9.17, 15) is 9.59 Å². The number of carbonyl (C=O) groups excluding carboxylic acids is 2. The number of rotatable bonds is 10. The van der Waals surface area contributed by atoms with Gasteiger partial charge in [0.25, 0.3) is 5.91 Å². The van der Waals surface area contributed by atoms with Gasteiger partial charge >= 0.3 is 0 Å². The van der Waals surface area contributed by atoms with Crippen LogP contribution in [0.1, 0.15) is 61.3 Å². The van der Waals surface area contributed by atoms with Crippen LogP contribution in [0.15, 0.2) is 11.8 Å². The van der Waals surface area contributed by atoms with Gasteiger partial charge in [0.1, 0.15) is 5.70 Å². The monoisotopic (exact) mass is 324 g/mol. The summed E-state index contributed by atoms with van der Waals surface area (Å²) in [5.74, 6) is 2.00. The summed E-state index contributed by atoms with van der Waals surface area (Å²) < 4.78 is 0. The second-order valence-corrected chi connectivity index (χ2v) is 7.34. The summed E-state index contributed by atoms with van der Waals surface area (Å²) in [6, 6.07) is 0.0986. The van der Waals surface area contributed by atoms with Gasteiger partial charge < -0.3 is 10.2 Å². The van der Waals surface area contributed by atoms with Crippen molar-refractivity contribution >= 4 is 12.3 Å². The Kier molecular flexibility index (Phi) is 9.85. The Labute approximate surface area is 142 Å². The molecule has 0 saturated carbocycles. The Morgan fingerprint density at radius 1 is 1.09 bits per heavy atom. The molecule has 1 N–H and O–H groups in total. The van der Waals surface area contributed by atoms with Crippen LogP contribution in [-0.2, 0) is 9.59 Å². The molecule has 3 atom stereocenters. The largest absolute Gasteiger partial charge is 0.348 e. The molecule has 0 aliphatic rings. The molecule has 4 nitrogen and oxygen atoms in total. The van der Waals surface area contributed by atoms with Gasteiger partial charge in [-0.25, -0.2) is 0 Å². The Hall–Kier alpha value is -1.32. The SMILES string of the molecule is CCC(C)NC(=O)C(=CCC(C(C)C)C(C)C(C)C)N(C)C=O. The number of amides is 2. The molecule has 0 radical (unpaired) electrons. The van der Waals surface area contributed by atoms with Crippen LogP contribution in [0.5, 0.6) is 0 Å². The molecule has 0 rings (SSSR count). The lowest BCUT2D eigenvalue weighted by molar-refractivity contribution is -0.123. The predicted octanol–water partition coefficient (Wildman–Crippen LogP) is 3.83. The number of hydrogen-bond donors (Lipinski definition) is 1. The molecular formula is C19H36N2O2. The molecule has 0 aliphatic carbocycles. The topological polar surface area (TPSA) is 49.4 Å². The van der Waals surface area contributed by atoms with E-state index in [1.54, 1.807) is 7.05 Å². The number of carbonyl (C=O) groups is 2. The quantitative estimate of drug-likeness (QED) is 0.490. The van der Waals surface area contributed by atoms with Gasteiger partial charge in [0.15, 0.2) is 0 Å². The molecule has 0 bridgehead atoms. The molecular weight excluding hydrogens is 288 g/mol. The number of allylic oxidation sites excluding steroid dienone is 1. The van der Waals surface area contributed by atoms with E-state index < -0.39 is 0 Å². The molecule has 0 aromatic carbocycles. The first-order chi connectivity index (χ1) is 10.6. The van der Waals surface area contributed by atoms with E-state index >= 15 is 0 Å². The van der Waals surface area contributed by atoms with Crippen molar-refractivity contribution in [1.82, 2.24) is 10.2 Å². The molecule has 3 unspecified atom stereocenters. The minimum atomic E-state index is -0.173. The molecule has 0 spiro atoms. The lowest BCUT2D eigenvalue weighted by Crippen LogP contribution is -2.37. The highest BCUT2D eigenvalue weighted by Gasteiger charge is 2.24. The van der Waals surface area contributed by atoms with Gasteiger partial charge in [-0.1, -0.05) is 47.6 Å². The molecule has 0 fully saturated rings. The Morgan fingerprint density at radius 3 is 2.04 bits per heavy atom. The van der Waals surface area contributed by atoms with E-state index in [0.717, 1.165) is 12.8 Å². The molecule has 0 aromatic heterocycles. The molecule has 134 valence electrons. The van der Waals surface area contributed by atoms with E-state index in [4.69, 9.17) is 0 Å². The van der Waals surface area contributed by atoms with Crippen molar-refractivity contribution in [3.8, 4) is 0 Å². The molecule has 2 amide bonds. The van der Waals surface area contributed by atoms with Gasteiger partial charge in [0, 0.05) is 13.1 Å². The predicted molar refractivity (Wildman–Crippen MR) is 96.8 cm³/mol. The average molecular weight is 325 g/mol. The van der Waals surface area contributed by atoms with Crippen LogP contribution in [-0.4, -0.2) is 30.3 Å². The van der Waals surface area contributed by atoms with Gasteiger partial charge in [-0.15, -0.1) is 0 Å². The first kappa shape index (κ1) is 21.7. The third-order valence-electron chi connectivity index (χ3n) is 4.93. The smallest absolute Gasteiger partial charge is 0.267 e. The van der Waals surface area contributed by atoms with Crippen molar-refractivity contribution in [3.05, 3.63) is 11.8 Å². The fourth-order valence-corrected chi connectivity index (χ4v) is 2.69. The fraction of sp³-hybridized carbons (Fsp3) is 0.789. The molecule has 0 aliphatic heterocycles. The normalized spacial score (nSPS) is 16.2. The van der Waals surface area contributed by atoms with Crippen LogP contribution in [0.25, 0.3) is 0 Å². The summed E-state index contributed by atoms with van der Waals surface area (Å²) >= 11 is 0. The maximum absolute atomic E-state index is 12.4. The Bertz CT molecular complexity index is 402. The highest BCUT2D eigenvalue weighted by Crippen LogP contribution is 2.30. The van der Waals surface area contributed by atoms with Crippen LogP contribution in [0.4, 0.5) is 0 Å². The summed E-state index contributed by atoms with van der Waals surface area (Å²) in [5.41, 5.74) is 0.446. The average Bonchev–Trinajstić information content (AvgIpc) is 2.49. The van der Waals surface area contributed by atoms with Gasteiger partial charge in [-0.3, -0.25) is 9.59 Å². The number of hydrogen-bond acceptors (Lipinski definition) is 2. The van der Waals surface area contributed by atoms with Gasteiger partial charge in [-0.05, 0) is 43.4 Å². The van der Waals surface area contributed by atoms with Crippen LogP contribution in [0.3, 0.4) is 0 Å². The molecule has 0 heterocycles. The molecule has 4 heteroatoms. The van der Waals surface area contributed by atoms with Crippen molar-refractivity contribution in [3.63, 3.8) is 0 Å². The van der Waals surface area contributed by atoms with E-state index in [-0.39, 0.29) is 11.9 Å². The molecule has 0 aromatic rings. The van der Waals surface area contributed by atoms with Crippen molar-refractivity contribution in [2.75, 3.05) is 7.05 Å². The summed E-state index contributed by atoms with van der Waals surface area (Å²) in [7, 11) is 1.63. The van der Waals surface area contributed by atoms with Crippen molar-refractivity contribution in [1.29, 1.82) is 0 Å².